The van der Waals surface area contributed by atoms with E-state index >= 15 is 0 Å². The quantitative estimate of drug-likeness (QED) is 0.237. The predicted molar refractivity (Wildman–Crippen MR) is 161 cm³/mol. The first-order valence-corrected chi connectivity index (χ1v) is 14.5. The van der Waals surface area contributed by atoms with Crippen molar-refractivity contribution in [3.05, 3.63) is 61.3 Å². The Morgan fingerprint density at radius 3 is 2.33 bits per heavy atom. The normalized spacial score (nSPS) is 16.1. The van der Waals surface area contributed by atoms with Crippen LogP contribution in [-0.4, -0.2) is 77.0 Å². The van der Waals surface area contributed by atoms with Crippen LogP contribution in [0.3, 0.4) is 0 Å². The first-order chi connectivity index (χ1) is 20.9. The molecular formula is C29H33N7O7. The zero-order chi connectivity index (χ0) is 30.1. The Morgan fingerprint density at radius 2 is 1.65 bits per heavy atom. The molecule has 0 radical (unpaired) electrons. The maximum atomic E-state index is 13.4. The predicted octanol–water partition coefficient (Wildman–Crippen LogP) is 3.02. The van der Waals surface area contributed by atoms with Crippen molar-refractivity contribution < 1.29 is 19.1 Å². The molecule has 2 aliphatic rings. The van der Waals surface area contributed by atoms with E-state index in [9.17, 15) is 19.7 Å². The summed E-state index contributed by atoms with van der Waals surface area (Å²) in [6.07, 6.45) is 0.994. The van der Waals surface area contributed by atoms with Crippen LogP contribution in [0.1, 0.15) is 32.7 Å². The first-order valence-electron chi connectivity index (χ1n) is 14.5. The van der Waals surface area contributed by atoms with E-state index in [1.165, 1.54) is 22.8 Å². The Labute approximate surface area is 246 Å². The van der Waals surface area contributed by atoms with Gasteiger partial charge in [-0.2, -0.15) is 4.98 Å². The van der Waals surface area contributed by atoms with Gasteiger partial charge in [-0.05, 0) is 38.8 Å². The van der Waals surface area contributed by atoms with E-state index < -0.39 is 16.2 Å². The summed E-state index contributed by atoms with van der Waals surface area (Å²) in [5.41, 5.74) is -0.272. The third-order valence-corrected chi connectivity index (χ3v) is 7.88. The maximum absolute atomic E-state index is 13.4. The smallest absolute Gasteiger partial charge is 0.329 e. The lowest BCUT2D eigenvalue weighted by Crippen LogP contribution is -2.44. The standard InChI is InChI=1S/C29H33N7O7/c1-3-42-24-16-20-23(17-25(24)43-4-2)30-28(34-11-13-41-14-12-34)32-26(20)33-9-7-18(8-10-33)35-27(37)21-15-19(36(39)40)5-6-22(21)31-29(35)38/h5-6,15-18H,3-4,7-14H2,1-2H3,(H,31,38). The Morgan fingerprint density at radius 1 is 0.953 bits per heavy atom. The zero-order valence-corrected chi connectivity index (χ0v) is 24.1. The lowest BCUT2D eigenvalue weighted by atomic mass is 10.0. The molecule has 2 saturated heterocycles. The summed E-state index contributed by atoms with van der Waals surface area (Å²) in [5, 5.41) is 12.2. The van der Waals surface area contributed by atoms with Crippen molar-refractivity contribution in [2.45, 2.75) is 32.7 Å². The van der Waals surface area contributed by atoms with Crippen LogP contribution >= 0.6 is 0 Å². The number of nitro benzene ring substituents is 1. The molecule has 0 amide bonds. The molecule has 6 rings (SSSR count). The molecule has 1 N–H and O–H groups in total. The fourth-order valence-electron chi connectivity index (χ4n) is 5.79. The zero-order valence-electron chi connectivity index (χ0n) is 24.1. The van der Waals surface area contributed by atoms with Gasteiger partial charge in [0.15, 0.2) is 11.5 Å². The van der Waals surface area contributed by atoms with Gasteiger partial charge in [0.25, 0.3) is 11.2 Å². The van der Waals surface area contributed by atoms with Gasteiger partial charge in [-0.3, -0.25) is 19.5 Å². The number of rotatable bonds is 8. The maximum Gasteiger partial charge on any atom is 0.329 e. The summed E-state index contributed by atoms with van der Waals surface area (Å²) in [6.45, 7) is 8.36. The lowest BCUT2D eigenvalue weighted by Gasteiger charge is -2.35. The fraction of sp³-hybridized carbons (Fsp3) is 0.448. The van der Waals surface area contributed by atoms with Crippen LogP contribution in [0.5, 0.6) is 11.5 Å². The van der Waals surface area contributed by atoms with Gasteiger partial charge < -0.3 is 29.0 Å². The fourth-order valence-corrected chi connectivity index (χ4v) is 5.79. The van der Waals surface area contributed by atoms with Crippen LogP contribution in [0.4, 0.5) is 17.5 Å². The number of aromatic nitrogens is 4. The highest BCUT2D eigenvalue weighted by molar-refractivity contribution is 5.93. The molecule has 43 heavy (non-hydrogen) atoms. The minimum Gasteiger partial charge on any atom is -0.490 e. The number of nitrogens with zero attached hydrogens (tertiary/aromatic N) is 6. The molecule has 0 atom stereocenters. The molecule has 0 aliphatic carbocycles. The number of hydrogen-bond acceptors (Lipinski definition) is 11. The van der Waals surface area contributed by atoms with Crippen LogP contribution < -0.4 is 30.5 Å². The summed E-state index contributed by atoms with van der Waals surface area (Å²) in [4.78, 5) is 54.0. The number of benzene rings is 2. The third-order valence-electron chi connectivity index (χ3n) is 7.88. The summed E-state index contributed by atoms with van der Waals surface area (Å²) >= 11 is 0. The Hall–Kier alpha value is -4.72. The number of H-pyrrole nitrogens is 1. The Bertz CT molecular complexity index is 1790. The van der Waals surface area contributed by atoms with Crippen molar-refractivity contribution in [1.29, 1.82) is 0 Å². The molecule has 0 unspecified atom stereocenters. The average Bonchev–Trinajstić information content (AvgIpc) is 3.02. The van der Waals surface area contributed by atoms with Crippen LogP contribution in [0, 0.1) is 10.1 Å². The van der Waals surface area contributed by atoms with Crippen LogP contribution in [0.2, 0.25) is 0 Å². The first kappa shape index (κ1) is 28.4. The summed E-state index contributed by atoms with van der Waals surface area (Å²) < 4.78 is 18.5. The van der Waals surface area contributed by atoms with Crippen molar-refractivity contribution in [2.24, 2.45) is 0 Å². The second kappa shape index (κ2) is 11.9. The minimum atomic E-state index is -0.557. The van der Waals surface area contributed by atoms with Crippen molar-refractivity contribution in [1.82, 2.24) is 19.5 Å². The molecule has 14 nitrogen and oxygen atoms in total. The molecule has 0 spiro atoms. The molecule has 2 aliphatic heterocycles. The summed E-state index contributed by atoms with van der Waals surface area (Å²) in [6, 6.07) is 7.30. The molecule has 2 fully saturated rings. The molecule has 4 aromatic rings. The molecular weight excluding hydrogens is 558 g/mol. The number of ether oxygens (including phenoxy) is 3. The van der Waals surface area contributed by atoms with E-state index in [0.717, 1.165) is 16.7 Å². The molecule has 2 aromatic carbocycles. The molecule has 226 valence electrons. The number of anilines is 2. The summed E-state index contributed by atoms with van der Waals surface area (Å²) in [7, 11) is 0. The Balaban J connectivity index is 1.36. The number of hydrogen-bond donors (Lipinski definition) is 1. The highest BCUT2D eigenvalue weighted by atomic mass is 16.6. The van der Waals surface area contributed by atoms with E-state index in [2.05, 4.69) is 14.8 Å². The van der Waals surface area contributed by atoms with Crippen molar-refractivity contribution in [3.8, 4) is 11.5 Å². The monoisotopic (exact) mass is 591 g/mol. The van der Waals surface area contributed by atoms with Crippen molar-refractivity contribution >= 4 is 39.3 Å². The molecule has 0 bridgehead atoms. The largest absolute Gasteiger partial charge is 0.490 e. The highest BCUT2D eigenvalue weighted by Crippen LogP contribution is 2.38. The topological polar surface area (TPSA) is 158 Å². The van der Waals surface area contributed by atoms with E-state index in [1.54, 1.807) is 0 Å². The molecule has 2 aromatic heterocycles. The van der Waals surface area contributed by atoms with Gasteiger partial charge >= 0.3 is 5.69 Å². The third kappa shape index (κ3) is 5.45. The minimum absolute atomic E-state index is 0.113. The number of nitrogens with one attached hydrogen (secondary N) is 1. The van der Waals surface area contributed by atoms with E-state index in [4.69, 9.17) is 24.2 Å². The summed E-state index contributed by atoms with van der Waals surface area (Å²) in [5.74, 6) is 2.56. The second-order valence-corrected chi connectivity index (χ2v) is 10.4. The second-order valence-electron chi connectivity index (χ2n) is 10.4. The van der Waals surface area contributed by atoms with Gasteiger partial charge in [-0.25, -0.2) is 9.78 Å². The average molecular weight is 592 g/mol. The molecule has 0 saturated carbocycles. The highest BCUT2D eigenvalue weighted by Gasteiger charge is 2.28. The molecule has 14 heteroatoms. The van der Waals surface area contributed by atoms with Gasteiger partial charge in [-0.1, -0.05) is 0 Å². The van der Waals surface area contributed by atoms with E-state index in [1.807, 2.05) is 26.0 Å². The van der Waals surface area contributed by atoms with E-state index in [-0.39, 0.29) is 22.6 Å². The SMILES string of the molecule is CCOc1cc2nc(N3CCOCC3)nc(N3CCC(n4c(=O)[nH]c5ccc([N+](=O)[O-])cc5c4=O)CC3)c2cc1OCC. The molecule has 4 heterocycles. The van der Waals surface area contributed by atoms with Crippen molar-refractivity contribution in [3.63, 3.8) is 0 Å². The van der Waals surface area contributed by atoms with Crippen LogP contribution in [-0.2, 0) is 4.74 Å². The van der Waals surface area contributed by atoms with Gasteiger partial charge in [0.05, 0.1) is 47.8 Å². The van der Waals surface area contributed by atoms with Crippen molar-refractivity contribution in [2.75, 3.05) is 62.4 Å². The van der Waals surface area contributed by atoms with Crippen LogP contribution in [0.15, 0.2) is 39.9 Å². The van der Waals surface area contributed by atoms with Gasteiger partial charge in [-0.15, -0.1) is 0 Å². The number of piperidine rings is 1. The van der Waals surface area contributed by atoms with Crippen LogP contribution in [0.25, 0.3) is 21.8 Å². The van der Waals surface area contributed by atoms with Gasteiger partial charge in [0, 0.05) is 55.8 Å². The number of nitro groups is 1. The Kier molecular flexibility index (Phi) is 7.84. The number of non-ortho nitro benzene ring substituents is 1. The number of fused-ring (bicyclic) bond motifs is 2. The van der Waals surface area contributed by atoms with Gasteiger partial charge in [0.1, 0.15) is 5.82 Å². The lowest BCUT2D eigenvalue weighted by molar-refractivity contribution is -0.384. The van der Waals surface area contributed by atoms with E-state index in [0.29, 0.717) is 82.9 Å². The number of aromatic amines is 1. The number of morpholine rings is 1. The van der Waals surface area contributed by atoms with Gasteiger partial charge in [0.2, 0.25) is 5.95 Å².